The maximum atomic E-state index is 13.5. The number of halogens is 3. The average Bonchev–Trinajstić information content (AvgIpc) is 3.46. The molecule has 1 spiro atoms. The molecule has 184 valence electrons. The van der Waals surface area contributed by atoms with Crippen molar-refractivity contribution in [1.82, 2.24) is 10.2 Å². The highest BCUT2D eigenvalue weighted by molar-refractivity contribution is 5.81. The van der Waals surface area contributed by atoms with Gasteiger partial charge in [-0.1, -0.05) is 12.8 Å². The minimum Gasteiger partial charge on any atom is -0.370 e. The van der Waals surface area contributed by atoms with Crippen molar-refractivity contribution >= 4 is 17.5 Å². The molecule has 6 nitrogen and oxygen atoms in total. The number of amides is 2. The number of nitrogens with one attached hydrogen (secondary N) is 1. The monoisotopic (exact) mass is 476 g/mol. The first-order valence-electron chi connectivity index (χ1n) is 12.0. The van der Waals surface area contributed by atoms with Crippen LogP contribution in [0.4, 0.5) is 18.9 Å². The second-order valence-electron chi connectivity index (χ2n) is 9.98. The van der Waals surface area contributed by atoms with Gasteiger partial charge in [0, 0.05) is 50.7 Å². The Morgan fingerprint density at radius 2 is 1.88 bits per heavy atom. The molecule has 1 N–H and O–H groups in total. The van der Waals surface area contributed by atoms with E-state index in [-0.39, 0.29) is 17.7 Å². The molecule has 0 bridgehead atoms. The van der Waals surface area contributed by atoms with E-state index in [0.29, 0.717) is 57.0 Å². The number of anilines is 1. The molecule has 2 amide bonds. The molecule has 1 saturated carbocycles. The molecule has 4 rings (SSSR count). The SMILES string of the molecule is CNC(=O)C1CN(c2ccc(C#N)c(C(F)(F)F)c2)CC12CCN(C(=O)CC1CCCC1)CC2. The number of alkyl halides is 3. The summed E-state index contributed by atoms with van der Waals surface area (Å²) in [6.07, 6.45) is 1.84. The van der Waals surface area contributed by atoms with E-state index in [9.17, 15) is 22.8 Å². The van der Waals surface area contributed by atoms with E-state index in [4.69, 9.17) is 5.26 Å². The fourth-order valence-corrected chi connectivity index (χ4v) is 6.06. The minimum atomic E-state index is -4.64. The molecule has 2 heterocycles. The van der Waals surface area contributed by atoms with Crippen LogP contribution >= 0.6 is 0 Å². The van der Waals surface area contributed by atoms with Crippen molar-refractivity contribution in [2.45, 2.75) is 51.1 Å². The summed E-state index contributed by atoms with van der Waals surface area (Å²) >= 11 is 0. The van der Waals surface area contributed by atoms with E-state index in [2.05, 4.69) is 5.32 Å². The second kappa shape index (κ2) is 9.47. The van der Waals surface area contributed by atoms with Crippen LogP contribution in [0.3, 0.4) is 0 Å². The molecule has 3 aliphatic rings. The molecule has 34 heavy (non-hydrogen) atoms. The predicted octanol–water partition coefficient (Wildman–Crippen LogP) is 3.95. The summed E-state index contributed by atoms with van der Waals surface area (Å²) < 4.78 is 40.5. The van der Waals surface area contributed by atoms with Gasteiger partial charge in [-0.2, -0.15) is 18.4 Å². The quantitative estimate of drug-likeness (QED) is 0.714. The number of hydrogen-bond donors (Lipinski definition) is 1. The lowest BCUT2D eigenvalue weighted by atomic mass is 9.70. The molecule has 0 aromatic heterocycles. The predicted molar refractivity (Wildman–Crippen MR) is 121 cm³/mol. The van der Waals surface area contributed by atoms with Gasteiger partial charge in [0.1, 0.15) is 0 Å². The molecule has 2 saturated heterocycles. The van der Waals surface area contributed by atoms with Crippen LogP contribution in [0.25, 0.3) is 0 Å². The number of nitriles is 1. The Balaban J connectivity index is 1.52. The molecular formula is C25H31F3N4O2. The largest absolute Gasteiger partial charge is 0.417 e. The third-order valence-electron chi connectivity index (χ3n) is 8.05. The standard InChI is InChI=1S/C25H31F3N4O2/c1-30-23(34)21-15-32(19-7-6-18(14-29)20(13-19)25(26,27)28)16-24(21)8-10-31(11-9-24)22(33)12-17-4-2-3-5-17/h6-7,13,17,21H,2-5,8-12,15-16H2,1H3,(H,30,34). The number of likely N-dealkylation sites (tertiary alicyclic amines) is 1. The summed E-state index contributed by atoms with van der Waals surface area (Å²) in [4.78, 5) is 29.3. The number of carbonyl (C=O) groups excluding carboxylic acids is 2. The van der Waals surface area contributed by atoms with Gasteiger partial charge in [0.2, 0.25) is 11.8 Å². The average molecular weight is 477 g/mol. The van der Waals surface area contributed by atoms with E-state index in [1.54, 1.807) is 13.1 Å². The third kappa shape index (κ3) is 4.73. The zero-order chi connectivity index (χ0) is 24.5. The second-order valence-corrected chi connectivity index (χ2v) is 9.98. The van der Waals surface area contributed by atoms with Crippen LogP contribution in [-0.4, -0.2) is 49.9 Å². The summed E-state index contributed by atoms with van der Waals surface area (Å²) in [6.45, 7) is 1.87. The van der Waals surface area contributed by atoms with E-state index in [0.717, 1.165) is 18.9 Å². The number of carbonyl (C=O) groups is 2. The van der Waals surface area contributed by atoms with Crippen LogP contribution in [0.1, 0.15) is 56.1 Å². The lowest BCUT2D eigenvalue weighted by molar-refractivity contribution is -0.138. The molecule has 1 aromatic carbocycles. The Hall–Kier alpha value is -2.76. The van der Waals surface area contributed by atoms with Gasteiger partial charge in [-0.25, -0.2) is 0 Å². The molecule has 1 atom stereocenters. The summed E-state index contributed by atoms with van der Waals surface area (Å²) in [5, 5.41) is 11.8. The van der Waals surface area contributed by atoms with E-state index in [1.807, 2.05) is 9.80 Å². The van der Waals surface area contributed by atoms with Crippen LogP contribution in [0.5, 0.6) is 0 Å². The maximum Gasteiger partial charge on any atom is 0.417 e. The fraction of sp³-hybridized carbons (Fsp3) is 0.640. The van der Waals surface area contributed by atoms with Gasteiger partial charge in [0.15, 0.2) is 0 Å². The Morgan fingerprint density at radius 1 is 1.21 bits per heavy atom. The summed E-state index contributed by atoms with van der Waals surface area (Å²) in [5.74, 6) is 0.144. The topological polar surface area (TPSA) is 76.4 Å². The molecule has 9 heteroatoms. The summed E-state index contributed by atoms with van der Waals surface area (Å²) in [7, 11) is 1.57. The van der Waals surface area contributed by atoms with Crippen LogP contribution in [0.15, 0.2) is 18.2 Å². The van der Waals surface area contributed by atoms with Crippen molar-refractivity contribution in [3.8, 4) is 6.07 Å². The Labute approximate surface area is 198 Å². The lowest BCUT2D eigenvalue weighted by Gasteiger charge is -2.42. The Morgan fingerprint density at radius 3 is 2.47 bits per heavy atom. The highest BCUT2D eigenvalue weighted by Crippen LogP contribution is 2.47. The van der Waals surface area contributed by atoms with Crippen molar-refractivity contribution in [3.63, 3.8) is 0 Å². The Kier molecular flexibility index (Phi) is 6.79. The number of rotatable bonds is 4. The van der Waals surface area contributed by atoms with E-state index in [1.165, 1.54) is 25.0 Å². The highest BCUT2D eigenvalue weighted by atomic mass is 19.4. The fourth-order valence-electron chi connectivity index (χ4n) is 6.06. The highest BCUT2D eigenvalue weighted by Gasteiger charge is 2.51. The van der Waals surface area contributed by atoms with Gasteiger partial charge < -0.3 is 15.1 Å². The van der Waals surface area contributed by atoms with Gasteiger partial charge in [0.25, 0.3) is 0 Å². The van der Waals surface area contributed by atoms with Crippen LogP contribution in [0.2, 0.25) is 0 Å². The first kappa shape index (κ1) is 24.4. The van der Waals surface area contributed by atoms with Crippen molar-refractivity contribution in [3.05, 3.63) is 29.3 Å². The molecule has 0 radical (unpaired) electrons. The lowest BCUT2D eigenvalue weighted by Crippen LogP contribution is -2.49. The summed E-state index contributed by atoms with van der Waals surface area (Å²) in [5.41, 5.74) is -1.42. The van der Waals surface area contributed by atoms with Crippen molar-refractivity contribution in [2.24, 2.45) is 17.3 Å². The zero-order valence-electron chi connectivity index (χ0n) is 19.5. The molecule has 1 aromatic rings. The van der Waals surface area contributed by atoms with Gasteiger partial charge in [0.05, 0.1) is 23.1 Å². The first-order chi connectivity index (χ1) is 16.2. The van der Waals surface area contributed by atoms with Gasteiger partial charge >= 0.3 is 6.18 Å². The molecule has 1 unspecified atom stereocenters. The zero-order valence-corrected chi connectivity index (χ0v) is 19.5. The maximum absolute atomic E-state index is 13.5. The van der Waals surface area contributed by atoms with Crippen LogP contribution < -0.4 is 10.2 Å². The van der Waals surface area contributed by atoms with E-state index >= 15 is 0 Å². The Bertz CT molecular complexity index is 973. The van der Waals surface area contributed by atoms with Crippen molar-refractivity contribution < 1.29 is 22.8 Å². The van der Waals surface area contributed by atoms with Crippen molar-refractivity contribution in [2.75, 3.05) is 38.1 Å². The smallest absolute Gasteiger partial charge is 0.370 e. The number of benzene rings is 1. The van der Waals surface area contributed by atoms with Crippen molar-refractivity contribution in [1.29, 1.82) is 5.26 Å². The molecular weight excluding hydrogens is 445 g/mol. The van der Waals surface area contributed by atoms with Crippen LogP contribution in [-0.2, 0) is 15.8 Å². The normalized spacial score (nSPS) is 22.7. The number of hydrogen-bond acceptors (Lipinski definition) is 4. The summed E-state index contributed by atoms with van der Waals surface area (Å²) in [6, 6.07) is 5.35. The number of nitrogens with zero attached hydrogens (tertiary/aromatic N) is 3. The molecule has 1 aliphatic carbocycles. The molecule has 2 aliphatic heterocycles. The first-order valence-corrected chi connectivity index (χ1v) is 12.0. The van der Waals surface area contributed by atoms with Gasteiger partial charge in [-0.15, -0.1) is 0 Å². The third-order valence-corrected chi connectivity index (χ3v) is 8.05. The van der Waals surface area contributed by atoms with E-state index < -0.39 is 22.7 Å². The minimum absolute atomic E-state index is 0.127. The van der Waals surface area contributed by atoms with Crippen LogP contribution in [0, 0.1) is 28.6 Å². The van der Waals surface area contributed by atoms with Gasteiger partial charge in [-0.3, -0.25) is 9.59 Å². The van der Waals surface area contributed by atoms with Gasteiger partial charge in [-0.05, 0) is 49.8 Å². The molecule has 3 fully saturated rings. The number of piperidine rings is 1.